The summed E-state index contributed by atoms with van der Waals surface area (Å²) in [4.78, 5) is 24.7. The second kappa shape index (κ2) is 4.71. The first-order valence-corrected chi connectivity index (χ1v) is 5.71. The Bertz CT molecular complexity index is 421. The first kappa shape index (κ1) is 11.9. The van der Waals surface area contributed by atoms with Gasteiger partial charge in [-0.1, -0.05) is 6.92 Å². The summed E-state index contributed by atoms with van der Waals surface area (Å²) in [6.07, 6.45) is 0.854. The molecule has 0 radical (unpaired) electrons. The van der Waals surface area contributed by atoms with Gasteiger partial charge in [0.1, 0.15) is 11.5 Å². The van der Waals surface area contributed by atoms with Crippen molar-refractivity contribution in [3.63, 3.8) is 0 Å². The average molecular weight is 236 g/mol. The first-order chi connectivity index (χ1) is 8.10. The zero-order valence-electron chi connectivity index (χ0n) is 9.81. The molecule has 2 rings (SSSR count). The smallest absolute Gasteiger partial charge is 0.229 e. The number of piperidine rings is 1. The van der Waals surface area contributed by atoms with E-state index < -0.39 is 0 Å². The van der Waals surface area contributed by atoms with Gasteiger partial charge in [-0.2, -0.15) is 0 Å². The van der Waals surface area contributed by atoms with E-state index in [2.05, 4.69) is 0 Å². The fraction of sp³-hybridized carbons (Fsp3) is 0.500. The number of nitrogens with zero attached hydrogens (tertiary/aromatic N) is 1. The second-order valence-electron chi connectivity index (χ2n) is 4.46. The maximum absolute atomic E-state index is 11.7. The van der Waals surface area contributed by atoms with Crippen LogP contribution in [0.15, 0.2) is 16.5 Å². The minimum Gasteiger partial charge on any atom is -0.463 e. The zero-order valence-corrected chi connectivity index (χ0v) is 9.81. The van der Waals surface area contributed by atoms with Crippen molar-refractivity contribution >= 4 is 11.8 Å². The highest BCUT2D eigenvalue weighted by Crippen LogP contribution is 2.21. The summed E-state index contributed by atoms with van der Waals surface area (Å²) < 4.78 is 5.39. The lowest BCUT2D eigenvalue weighted by Crippen LogP contribution is -2.42. The van der Waals surface area contributed by atoms with Gasteiger partial charge in [-0.3, -0.25) is 14.5 Å². The van der Waals surface area contributed by atoms with E-state index in [0.29, 0.717) is 30.9 Å². The van der Waals surface area contributed by atoms with Gasteiger partial charge in [0.2, 0.25) is 11.8 Å². The van der Waals surface area contributed by atoms with Gasteiger partial charge in [0, 0.05) is 12.8 Å². The monoisotopic (exact) mass is 236 g/mol. The standard InChI is InChI=1S/C12H16N2O3/c1-8-4-11(15)14(12(16)5-8)7-10-3-2-9(6-13)17-10/h2-3,8H,4-7,13H2,1H3. The van der Waals surface area contributed by atoms with E-state index >= 15 is 0 Å². The maximum Gasteiger partial charge on any atom is 0.229 e. The van der Waals surface area contributed by atoms with E-state index in [9.17, 15) is 9.59 Å². The van der Waals surface area contributed by atoms with Crippen LogP contribution in [-0.4, -0.2) is 16.7 Å². The summed E-state index contributed by atoms with van der Waals surface area (Å²) in [5, 5.41) is 0. The lowest BCUT2D eigenvalue weighted by molar-refractivity contribution is -0.150. The molecule has 1 aliphatic rings. The van der Waals surface area contributed by atoms with E-state index in [4.69, 9.17) is 10.2 Å². The van der Waals surface area contributed by atoms with Crippen molar-refractivity contribution in [2.45, 2.75) is 32.9 Å². The van der Waals surface area contributed by atoms with Crippen molar-refractivity contribution in [3.8, 4) is 0 Å². The average Bonchev–Trinajstić information content (AvgIpc) is 2.71. The lowest BCUT2D eigenvalue weighted by Gasteiger charge is -2.27. The molecule has 1 saturated heterocycles. The van der Waals surface area contributed by atoms with E-state index in [1.54, 1.807) is 12.1 Å². The first-order valence-electron chi connectivity index (χ1n) is 5.71. The van der Waals surface area contributed by atoms with Crippen LogP contribution >= 0.6 is 0 Å². The summed E-state index contributed by atoms with van der Waals surface area (Å²) in [5.74, 6) is 1.15. The molecule has 1 aliphatic heterocycles. The van der Waals surface area contributed by atoms with Crippen LogP contribution in [0.5, 0.6) is 0 Å². The Kier molecular flexibility index (Phi) is 3.28. The van der Waals surface area contributed by atoms with Crippen LogP contribution in [0.4, 0.5) is 0 Å². The number of imide groups is 1. The molecule has 2 amide bonds. The van der Waals surface area contributed by atoms with Crippen molar-refractivity contribution in [1.29, 1.82) is 0 Å². The van der Waals surface area contributed by atoms with Crippen molar-refractivity contribution in [2.75, 3.05) is 0 Å². The van der Waals surface area contributed by atoms with Crippen LogP contribution in [0.2, 0.25) is 0 Å². The summed E-state index contributed by atoms with van der Waals surface area (Å²) >= 11 is 0. The number of likely N-dealkylation sites (tertiary alicyclic amines) is 1. The highest BCUT2D eigenvalue weighted by atomic mass is 16.3. The number of nitrogens with two attached hydrogens (primary N) is 1. The molecule has 2 heterocycles. The molecule has 0 bridgehead atoms. The van der Waals surface area contributed by atoms with Gasteiger partial charge < -0.3 is 10.2 Å². The highest BCUT2D eigenvalue weighted by molar-refractivity contribution is 5.97. The topological polar surface area (TPSA) is 76.5 Å². The van der Waals surface area contributed by atoms with Gasteiger partial charge in [-0.25, -0.2) is 0 Å². The summed E-state index contributed by atoms with van der Waals surface area (Å²) in [7, 11) is 0. The summed E-state index contributed by atoms with van der Waals surface area (Å²) in [5.41, 5.74) is 5.43. The van der Waals surface area contributed by atoms with Gasteiger partial charge in [-0.05, 0) is 18.1 Å². The molecule has 1 aromatic rings. The van der Waals surface area contributed by atoms with Crippen LogP contribution in [-0.2, 0) is 22.7 Å². The number of carbonyl (C=O) groups excluding carboxylic acids is 2. The number of amides is 2. The van der Waals surface area contributed by atoms with E-state index in [1.165, 1.54) is 4.90 Å². The molecule has 0 spiro atoms. The molecule has 5 heteroatoms. The van der Waals surface area contributed by atoms with E-state index in [-0.39, 0.29) is 24.3 Å². The molecule has 0 atom stereocenters. The molecule has 5 nitrogen and oxygen atoms in total. The van der Waals surface area contributed by atoms with Crippen LogP contribution < -0.4 is 5.73 Å². The summed E-state index contributed by atoms with van der Waals surface area (Å²) in [6.45, 7) is 2.44. The Balaban J connectivity index is 2.07. The normalized spacial score (nSPS) is 17.9. The SMILES string of the molecule is CC1CC(=O)N(Cc2ccc(CN)o2)C(=O)C1. The van der Waals surface area contributed by atoms with Gasteiger partial charge in [0.15, 0.2) is 0 Å². The molecule has 2 N–H and O–H groups in total. The minimum absolute atomic E-state index is 0.126. The lowest BCUT2D eigenvalue weighted by atomic mass is 9.98. The third kappa shape index (κ3) is 2.55. The zero-order chi connectivity index (χ0) is 12.4. The van der Waals surface area contributed by atoms with Gasteiger partial charge in [0.25, 0.3) is 0 Å². The van der Waals surface area contributed by atoms with Gasteiger partial charge in [-0.15, -0.1) is 0 Å². The molecule has 0 unspecified atom stereocenters. The Hall–Kier alpha value is -1.62. The number of hydrogen-bond acceptors (Lipinski definition) is 4. The number of carbonyl (C=O) groups is 2. The van der Waals surface area contributed by atoms with Crippen LogP contribution in [0, 0.1) is 5.92 Å². The number of furan rings is 1. The van der Waals surface area contributed by atoms with Gasteiger partial charge in [0.05, 0.1) is 13.1 Å². The number of hydrogen-bond donors (Lipinski definition) is 1. The predicted molar refractivity (Wildman–Crippen MR) is 60.6 cm³/mol. The largest absolute Gasteiger partial charge is 0.463 e. The highest BCUT2D eigenvalue weighted by Gasteiger charge is 2.30. The van der Waals surface area contributed by atoms with Crippen LogP contribution in [0.1, 0.15) is 31.3 Å². The quantitative estimate of drug-likeness (QED) is 0.795. The third-order valence-corrected chi connectivity index (χ3v) is 2.88. The minimum atomic E-state index is -0.126. The van der Waals surface area contributed by atoms with Crippen molar-refractivity contribution < 1.29 is 14.0 Å². The predicted octanol–water partition coefficient (Wildman–Crippen LogP) is 1.02. The fourth-order valence-electron chi connectivity index (χ4n) is 1.98. The van der Waals surface area contributed by atoms with Crippen LogP contribution in [0.3, 0.4) is 0 Å². The molecule has 17 heavy (non-hydrogen) atoms. The number of rotatable bonds is 3. The Morgan fingerprint density at radius 2 is 1.88 bits per heavy atom. The third-order valence-electron chi connectivity index (χ3n) is 2.88. The van der Waals surface area contributed by atoms with Crippen LogP contribution in [0.25, 0.3) is 0 Å². The van der Waals surface area contributed by atoms with Gasteiger partial charge >= 0.3 is 0 Å². The molecule has 1 aromatic heterocycles. The van der Waals surface area contributed by atoms with Crippen molar-refractivity contribution in [1.82, 2.24) is 4.90 Å². The Labute approximate surface area is 99.6 Å². The van der Waals surface area contributed by atoms with Crippen molar-refractivity contribution in [3.05, 3.63) is 23.7 Å². The molecular formula is C12H16N2O3. The van der Waals surface area contributed by atoms with Crippen molar-refractivity contribution in [2.24, 2.45) is 11.7 Å². The van der Waals surface area contributed by atoms with E-state index in [1.807, 2.05) is 6.92 Å². The molecule has 0 saturated carbocycles. The molecule has 0 aromatic carbocycles. The second-order valence-corrected chi connectivity index (χ2v) is 4.46. The molecular weight excluding hydrogens is 220 g/mol. The Morgan fingerprint density at radius 1 is 1.29 bits per heavy atom. The fourth-order valence-corrected chi connectivity index (χ4v) is 1.98. The maximum atomic E-state index is 11.7. The summed E-state index contributed by atoms with van der Waals surface area (Å²) in [6, 6.07) is 3.51. The molecule has 1 fully saturated rings. The Morgan fingerprint density at radius 3 is 2.41 bits per heavy atom. The molecule has 92 valence electrons. The van der Waals surface area contributed by atoms with E-state index in [0.717, 1.165) is 0 Å². The molecule has 0 aliphatic carbocycles.